The molecule has 1 saturated heterocycles. The minimum Gasteiger partial charge on any atom is -0.507 e. The molecule has 0 spiro atoms. The number of rotatable bonds is 6. The van der Waals surface area contributed by atoms with Crippen LogP contribution in [0.3, 0.4) is 0 Å². The fraction of sp³-hybridized carbons (Fsp3) is 0.455. The lowest BCUT2D eigenvalue weighted by Crippen LogP contribution is -2.58. The summed E-state index contributed by atoms with van der Waals surface area (Å²) in [5.41, 5.74) is 1.30. The van der Waals surface area contributed by atoms with Gasteiger partial charge in [0.1, 0.15) is 35.6 Å². The van der Waals surface area contributed by atoms with Gasteiger partial charge in [-0.05, 0) is 49.5 Å². The van der Waals surface area contributed by atoms with E-state index >= 15 is 0 Å². The molecule has 0 amide bonds. The number of carbonyl (C=O) groups is 3. The Balaban J connectivity index is 1.59. The summed E-state index contributed by atoms with van der Waals surface area (Å²) in [5.74, 6) is -2.13. The smallest absolute Gasteiger partial charge is 0.308 e. The number of phenolic OH excluding ortho intramolecular Hbond substituents is 1. The van der Waals surface area contributed by atoms with Crippen LogP contribution in [-0.2, 0) is 16.0 Å². The first-order valence-electron chi connectivity index (χ1n) is 15.0. The first-order chi connectivity index (χ1) is 21.1. The minimum absolute atomic E-state index is 0.00783. The Morgan fingerprint density at radius 1 is 1.00 bits per heavy atom. The number of nitrogens with zero attached hydrogens (tertiary/aromatic N) is 1. The number of hydrogen-bond acceptors (Lipinski definition) is 11. The van der Waals surface area contributed by atoms with E-state index in [0.717, 1.165) is 24.8 Å². The first-order valence-corrected chi connectivity index (χ1v) is 15.0. The number of benzene rings is 2. The number of fused-ring (bicyclic) bond motifs is 2. The number of aromatic hydroxyl groups is 1. The Morgan fingerprint density at radius 2 is 1.73 bits per heavy atom. The molecule has 2 aromatic carbocycles. The molecule has 1 saturated carbocycles. The zero-order chi connectivity index (χ0) is 31.3. The topological polar surface area (TPSA) is 172 Å². The van der Waals surface area contributed by atoms with Crippen molar-refractivity contribution in [1.29, 1.82) is 0 Å². The molecule has 6 rings (SSSR count). The Labute approximate surface area is 253 Å². The molecule has 0 aromatic heterocycles. The van der Waals surface area contributed by atoms with E-state index in [4.69, 9.17) is 14.2 Å². The maximum Gasteiger partial charge on any atom is 0.308 e. The number of ketones is 2. The predicted molar refractivity (Wildman–Crippen MR) is 157 cm³/mol. The Bertz CT molecular complexity index is 1590. The highest BCUT2D eigenvalue weighted by atomic mass is 16.7. The number of aliphatic hydroxyl groups is 3. The van der Waals surface area contributed by atoms with Crippen LogP contribution in [0, 0.1) is 0 Å². The van der Waals surface area contributed by atoms with Crippen LogP contribution >= 0.6 is 0 Å². The third-order valence-electron chi connectivity index (χ3n) is 8.91. The molecule has 5 unspecified atom stereocenters. The normalized spacial score (nSPS) is 26.7. The van der Waals surface area contributed by atoms with Crippen LogP contribution in [0.4, 0.5) is 0 Å². The van der Waals surface area contributed by atoms with Gasteiger partial charge in [0.25, 0.3) is 0 Å². The van der Waals surface area contributed by atoms with Crippen molar-refractivity contribution in [3.63, 3.8) is 0 Å². The molecule has 232 valence electrons. The van der Waals surface area contributed by atoms with Gasteiger partial charge in [-0.1, -0.05) is 25.3 Å². The number of phenols is 1. The van der Waals surface area contributed by atoms with Crippen LogP contribution in [0.1, 0.15) is 94.8 Å². The molecule has 2 fully saturated rings. The largest absolute Gasteiger partial charge is 0.507 e. The van der Waals surface area contributed by atoms with Crippen molar-refractivity contribution < 1.29 is 49.0 Å². The average molecular weight is 606 g/mol. The van der Waals surface area contributed by atoms with Gasteiger partial charge < -0.3 is 34.6 Å². The molecule has 4 aliphatic rings. The molecule has 4 N–H and O–H groups in total. The maximum absolute atomic E-state index is 14.3. The van der Waals surface area contributed by atoms with E-state index in [9.17, 15) is 34.8 Å². The number of aliphatic hydroxyl groups excluding tert-OH is 3. The van der Waals surface area contributed by atoms with Crippen LogP contribution in [0.25, 0.3) is 0 Å². The number of ether oxygens (including phenoxy) is 3. The third kappa shape index (κ3) is 5.23. The van der Waals surface area contributed by atoms with Crippen LogP contribution in [-0.4, -0.2) is 81.4 Å². The van der Waals surface area contributed by atoms with Crippen molar-refractivity contribution >= 4 is 23.8 Å². The fourth-order valence-corrected chi connectivity index (χ4v) is 6.68. The Morgan fingerprint density at radius 3 is 2.41 bits per heavy atom. The zero-order valence-electron chi connectivity index (χ0n) is 24.5. The van der Waals surface area contributed by atoms with Gasteiger partial charge in [0.2, 0.25) is 6.29 Å². The predicted octanol–water partition coefficient (Wildman–Crippen LogP) is 2.90. The highest BCUT2D eigenvalue weighted by molar-refractivity contribution is 6.30. The third-order valence-corrected chi connectivity index (χ3v) is 8.91. The summed E-state index contributed by atoms with van der Waals surface area (Å²) < 4.78 is 17.3. The van der Waals surface area contributed by atoms with Gasteiger partial charge in [-0.3, -0.25) is 19.4 Å². The maximum atomic E-state index is 14.3. The van der Waals surface area contributed by atoms with Crippen molar-refractivity contribution in [3.8, 4) is 17.2 Å². The molecular formula is C33H35NO10. The van der Waals surface area contributed by atoms with Gasteiger partial charge in [0.05, 0.1) is 18.2 Å². The quantitative estimate of drug-likeness (QED) is 0.242. The summed E-state index contributed by atoms with van der Waals surface area (Å²) in [6.07, 6.45) is 0.888. The van der Waals surface area contributed by atoms with Gasteiger partial charge in [-0.2, -0.15) is 0 Å². The van der Waals surface area contributed by atoms with E-state index in [1.54, 1.807) is 6.21 Å². The molecule has 0 bridgehead atoms. The van der Waals surface area contributed by atoms with E-state index in [1.807, 2.05) is 6.08 Å². The first kappa shape index (κ1) is 30.1. The van der Waals surface area contributed by atoms with Gasteiger partial charge >= 0.3 is 5.97 Å². The monoisotopic (exact) mass is 605 g/mol. The van der Waals surface area contributed by atoms with Crippen molar-refractivity contribution in [1.82, 2.24) is 0 Å². The lowest BCUT2D eigenvalue weighted by molar-refractivity contribution is -0.268. The van der Waals surface area contributed by atoms with Crippen molar-refractivity contribution in [3.05, 3.63) is 63.2 Å². The Kier molecular flexibility index (Phi) is 8.14. The summed E-state index contributed by atoms with van der Waals surface area (Å²) in [6.45, 7) is 3.20. The van der Waals surface area contributed by atoms with Crippen molar-refractivity contribution in [2.45, 2.75) is 89.0 Å². The summed E-state index contributed by atoms with van der Waals surface area (Å²) in [7, 11) is 0. The van der Waals surface area contributed by atoms with E-state index in [2.05, 4.69) is 4.99 Å². The van der Waals surface area contributed by atoms with Gasteiger partial charge in [0, 0.05) is 47.4 Å². The fourth-order valence-electron chi connectivity index (χ4n) is 6.68. The molecular weight excluding hydrogens is 570 g/mol. The molecule has 2 aliphatic heterocycles. The van der Waals surface area contributed by atoms with Crippen molar-refractivity contribution in [2.75, 3.05) is 6.54 Å². The lowest BCUT2D eigenvalue weighted by Gasteiger charge is -2.40. The van der Waals surface area contributed by atoms with Crippen molar-refractivity contribution in [2.24, 2.45) is 4.99 Å². The molecule has 2 aromatic rings. The van der Waals surface area contributed by atoms with E-state index in [1.165, 1.54) is 32.0 Å². The van der Waals surface area contributed by atoms with E-state index in [0.29, 0.717) is 30.5 Å². The van der Waals surface area contributed by atoms with Gasteiger partial charge in [-0.15, -0.1) is 0 Å². The van der Waals surface area contributed by atoms with E-state index in [-0.39, 0.29) is 51.8 Å². The van der Waals surface area contributed by atoms with Gasteiger partial charge in [0.15, 0.2) is 11.6 Å². The zero-order valence-corrected chi connectivity index (χ0v) is 24.5. The van der Waals surface area contributed by atoms with Gasteiger partial charge in [-0.25, -0.2) is 0 Å². The molecule has 11 heteroatoms. The highest BCUT2D eigenvalue weighted by Gasteiger charge is 2.46. The minimum atomic E-state index is -1.65. The number of allylic oxidation sites excluding steroid dienone is 1. The van der Waals surface area contributed by atoms with Crippen LogP contribution < -0.4 is 9.47 Å². The molecule has 2 heterocycles. The molecule has 11 nitrogen and oxygen atoms in total. The standard InChI is InChI=1S/C33H35NO10/c1-15-26(36)30(40)31(41)33(42-15)44-32-22(12-17-10-11-34-14-17)24-25(29(39)23(32)18-6-4-3-5-7-18)27(37)20-9-8-19(43-16(2)35)13-21(20)28(24)38/h8-10,13-15,18,26,30-31,33,36,39-41H,3-7,11-12H2,1-2H3. The van der Waals surface area contributed by atoms with Crippen LogP contribution in [0.15, 0.2) is 34.8 Å². The second kappa shape index (κ2) is 11.9. The number of esters is 1. The Hall–Kier alpha value is -3.90. The second-order valence-corrected chi connectivity index (χ2v) is 11.9. The van der Waals surface area contributed by atoms with Crippen LogP contribution in [0.2, 0.25) is 0 Å². The molecule has 2 aliphatic carbocycles. The molecule has 0 radical (unpaired) electrons. The molecule has 5 atom stereocenters. The summed E-state index contributed by atoms with van der Waals surface area (Å²) in [6, 6.07) is 4.17. The number of carbonyl (C=O) groups excluding carboxylic acids is 3. The van der Waals surface area contributed by atoms with Crippen LogP contribution in [0.5, 0.6) is 17.2 Å². The number of hydrogen-bond donors (Lipinski definition) is 4. The average Bonchev–Trinajstić information content (AvgIpc) is 3.52. The number of aliphatic imine (C=N–C) groups is 1. The summed E-state index contributed by atoms with van der Waals surface area (Å²) >= 11 is 0. The van der Waals surface area contributed by atoms with E-state index < -0.39 is 48.2 Å². The lowest BCUT2D eigenvalue weighted by atomic mass is 9.74. The SMILES string of the molecule is CC(=O)Oc1ccc2c(c1)C(=O)c1c(CC3=CCN=C3)c(OC3OC(C)C(O)C(O)C3O)c(C3CCCCC3)c(O)c1C2=O. The summed E-state index contributed by atoms with van der Waals surface area (Å²) in [4.78, 5) is 44.3. The summed E-state index contributed by atoms with van der Waals surface area (Å²) in [5, 5.41) is 43.6. The molecule has 44 heavy (non-hydrogen) atoms. The highest BCUT2D eigenvalue weighted by Crippen LogP contribution is 2.51. The second-order valence-electron chi connectivity index (χ2n) is 11.9.